The molecule has 4 heterocycles. The van der Waals surface area contributed by atoms with Crippen LogP contribution in [0.3, 0.4) is 0 Å². The smallest absolute Gasteiger partial charge is 0.244 e. The molecule has 0 spiro atoms. The summed E-state index contributed by atoms with van der Waals surface area (Å²) < 4.78 is 7.00. The van der Waals surface area contributed by atoms with Gasteiger partial charge in [-0.25, -0.2) is 4.98 Å². The van der Waals surface area contributed by atoms with Gasteiger partial charge in [-0.05, 0) is 24.6 Å². The molecule has 0 saturated carbocycles. The first-order valence-electron chi connectivity index (χ1n) is 7.71. The van der Waals surface area contributed by atoms with Gasteiger partial charge in [0, 0.05) is 37.6 Å². The van der Waals surface area contributed by atoms with E-state index in [0.29, 0.717) is 12.3 Å². The molecule has 4 rings (SSSR count). The van der Waals surface area contributed by atoms with Crippen molar-refractivity contribution in [2.24, 2.45) is 0 Å². The lowest BCUT2D eigenvalue weighted by molar-refractivity contribution is -0.117. The molecule has 0 aromatic carbocycles. The Balaban J connectivity index is 1.40. The molecule has 0 radical (unpaired) electrons. The Morgan fingerprint density at radius 3 is 3.29 bits per heavy atom. The fourth-order valence-electron chi connectivity index (χ4n) is 2.83. The third kappa shape index (κ3) is 2.85. The number of hydrogen-bond donors (Lipinski definition) is 1. The van der Waals surface area contributed by atoms with Crippen LogP contribution in [-0.2, 0) is 4.79 Å². The number of carbonyl (C=O) groups is 1. The third-order valence-corrected chi connectivity index (χ3v) is 3.97. The third-order valence-electron chi connectivity index (χ3n) is 3.97. The molecule has 24 heavy (non-hydrogen) atoms. The number of furan rings is 1. The molecule has 8 heteroatoms. The lowest BCUT2D eigenvalue weighted by Crippen LogP contribution is -2.36. The summed E-state index contributed by atoms with van der Waals surface area (Å²) in [6, 6.07) is 3.65. The van der Waals surface area contributed by atoms with Gasteiger partial charge in [-0.15, -0.1) is 10.2 Å². The maximum absolute atomic E-state index is 12.0. The van der Waals surface area contributed by atoms with E-state index in [2.05, 4.69) is 25.4 Å². The Hall–Kier alpha value is -3.16. The topological polar surface area (TPSA) is 88.6 Å². The van der Waals surface area contributed by atoms with E-state index in [1.807, 2.05) is 10.6 Å². The van der Waals surface area contributed by atoms with Gasteiger partial charge in [-0.1, -0.05) is 0 Å². The van der Waals surface area contributed by atoms with E-state index in [0.717, 1.165) is 24.4 Å². The average Bonchev–Trinajstić information content (AvgIpc) is 3.33. The monoisotopic (exact) mass is 324 g/mol. The van der Waals surface area contributed by atoms with Crippen molar-refractivity contribution in [3.8, 4) is 0 Å². The summed E-state index contributed by atoms with van der Waals surface area (Å²) in [7, 11) is 0. The second kappa shape index (κ2) is 6.15. The molecule has 0 unspecified atom stereocenters. The Labute approximate surface area is 137 Å². The zero-order chi connectivity index (χ0) is 16.4. The molecule has 3 aromatic heterocycles. The van der Waals surface area contributed by atoms with Gasteiger partial charge in [0.2, 0.25) is 11.6 Å². The second-order valence-corrected chi connectivity index (χ2v) is 5.60. The molecule has 1 atom stereocenters. The lowest BCUT2D eigenvalue weighted by Gasteiger charge is -2.17. The van der Waals surface area contributed by atoms with Crippen LogP contribution in [0.15, 0.2) is 47.6 Å². The predicted molar refractivity (Wildman–Crippen MR) is 87.3 cm³/mol. The molecule has 1 aliphatic rings. The van der Waals surface area contributed by atoms with Crippen LogP contribution in [0.5, 0.6) is 0 Å². The maximum Gasteiger partial charge on any atom is 0.244 e. The molecular formula is C16H16N6O2. The van der Waals surface area contributed by atoms with Crippen LogP contribution < -0.4 is 10.2 Å². The average molecular weight is 324 g/mol. The van der Waals surface area contributed by atoms with Crippen molar-refractivity contribution in [3.63, 3.8) is 0 Å². The van der Waals surface area contributed by atoms with Crippen LogP contribution in [0.2, 0.25) is 0 Å². The number of anilines is 1. The number of fused-ring (bicyclic) bond motifs is 1. The normalized spacial score (nSPS) is 17.8. The second-order valence-electron chi connectivity index (χ2n) is 5.60. The molecule has 122 valence electrons. The quantitative estimate of drug-likeness (QED) is 0.724. The van der Waals surface area contributed by atoms with Gasteiger partial charge in [-0.2, -0.15) is 0 Å². The van der Waals surface area contributed by atoms with Gasteiger partial charge in [-0.3, -0.25) is 9.20 Å². The summed E-state index contributed by atoms with van der Waals surface area (Å²) in [5.41, 5.74) is 0.724. The van der Waals surface area contributed by atoms with Crippen LogP contribution in [0.1, 0.15) is 12.2 Å². The largest absolute Gasteiger partial charge is 0.465 e. The summed E-state index contributed by atoms with van der Waals surface area (Å²) in [6.07, 6.45) is 10.8. The molecule has 8 nitrogen and oxygen atoms in total. The number of hydrogen-bond acceptors (Lipinski definition) is 6. The Morgan fingerprint density at radius 1 is 1.46 bits per heavy atom. The minimum atomic E-state index is -0.133. The standard InChI is InChI=1S/C16H16N6O2/c23-14(4-3-13-2-1-9-24-13)19-12-5-7-21(10-12)15-16-20-18-11-22(16)8-6-17-15/h1-4,6,8-9,11-12H,5,7,10H2,(H,19,23)/b4-3+/t12-/m1/s1. The van der Waals surface area contributed by atoms with Crippen molar-refractivity contribution in [2.45, 2.75) is 12.5 Å². The highest BCUT2D eigenvalue weighted by Crippen LogP contribution is 2.21. The van der Waals surface area contributed by atoms with E-state index in [1.54, 1.807) is 37.0 Å². The lowest BCUT2D eigenvalue weighted by atomic mass is 10.2. The van der Waals surface area contributed by atoms with Gasteiger partial charge < -0.3 is 14.6 Å². The van der Waals surface area contributed by atoms with E-state index in [-0.39, 0.29) is 11.9 Å². The number of rotatable bonds is 4. The van der Waals surface area contributed by atoms with Crippen molar-refractivity contribution in [3.05, 3.63) is 49.0 Å². The van der Waals surface area contributed by atoms with E-state index in [4.69, 9.17) is 4.42 Å². The van der Waals surface area contributed by atoms with Gasteiger partial charge in [0.15, 0.2) is 5.82 Å². The van der Waals surface area contributed by atoms with Crippen molar-refractivity contribution in [1.29, 1.82) is 0 Å². The number of nitrogens with one attached hydrogen (secondary N) is 1. The summed E-state index contributed by atoms with van der Waals surface area (Å²) in [5, 5.41) is 11.0. The molecule has 1 fully saturated rings. The van der Waals surface area contributed by atoms with Crippen LogP contribution in [0.25, 0.3) is 11.7 Å². The van der Waals surface area contributed by atoms with Gasteiger partial charge in [0.1, 0.15) is 12.1 Å². The highest BCUT2D eigenvalue weighted by atomic mass is 16.3. The molecule has 1 saturated heterocycles. The zero-order valence-corrected chi connectivity index (χ0v) is 12.9. The zero-order valence-electron chi connectivity index (χ0n) is 12.9. The first-order chi connectivity index (χ1) is 11.8. The van der Waals surface area contributed by atoms with Gasteiger partial charge >= 0.3 is 0 Å². The maximum atomic E-state index is 12.0. The van der Waals surface area contributed by atoms with E-state index in [9.17, 15) is 4.79 Å². The summed E-state index contributed by atoms with van der Waals surface area (Å²) >= 11 is 0. The highest BCUT2D eigenvalue weighted by molar-refractivity contribution is 5.91. The number of aromatic nitrogens is 4. The van der Waals surface area contributed by atoms with Crippen LogP contribution >= 0.6 is 0 Å². The van der Waals surface area contributed by atoms with E-state index >= 15 is 0 Å². The molecule has 1 N–H and O–H groups in total. The van der Waals surface area contributed by atoms with Crippen LogP contribution in [0, 0.1) is 0 Å². The molecule has 1 aliphatic heterocycles. The van der Waals surface area contributed by atoms with Crippen LogP contribution in [-0.4, -0.2) is 44.6 Å². The Bertz CT molecular complexity index is 870. The van der Waals surface area contributed by atoms with Crippen molar-refractivity contribution in [1.82, 2.24) is 24.9 Å². The Kier molecular flexibility index (Phi) is 3.70. The number of nitrogens with zero attached hydrogens (tertiary/aromatic N) is 5. The molecule has 0 aliphatic carbocycles. The number of carbonyl (C=O) groups excluding carboxylic acids is 1. The highest BCUT2D eigenvalue weighted by Gasteiger charge is 2.26. The molecular weight excluding hydrogens is 308 g/mol. The minimum absolute atomic E-state index is 0.0729. The van der Waals surface area contributed by atoms with Gasteiger partial charge in [0.25, 0.3) is 0 Å². The molecule has 1 amide bonds. The first kappa shape index (κ1) is 14.4. The number of amides is 1. The molecule has 0 bridgehead atoms. The van der Waals surface area contributed by atoms with Crippen LogP contribution in [0.4, 0.5) is 5.82 Å². The fraction of sp³-hybridized carbons (Fsp3) is 0.250. The van der Waals surface area contributed by atoms with E-state index < -0.39 is 0 Å². The van der Waals surface area contributed by atoms with Crippen molar-refractivity contribution in [2.75, 3.05) is 18.0 Å². The first-order valence-corrected chi connectivity index (χ1v) is 7.71. The fourth-order valence-corrected chi connectivity index (χ4v) is 2.83. The van der Waals surface area contributed by atoms with E-state index in [1.165, 1.54) is 6.08 Å². The van der Waals surface area contributed by atoms with Crippen molar-refractivity contribution < 1.29 is 9.21 Å². The van der Waals surface area contributed by atoms with Gasteiger partial charge in [0.05, 0.1) is 6.26 Å². The molecule has 3 aromatic rings. The summed E-state index contributed by atoms with van der Waals surface area (Å²) in [6.45, 7) is 1.51. The summed E-state index contributed by atoms with van der Waals surface area (Å²) in [5.74, 6) is 1.31. The Morgan fingerprint density at radius 2 is 2.42 bits per heavy atom. The minimum Gasteiger partial charge on any atom is -0.465 e. The predicted octanol–water partition coefficient (Wildman–Crippen LogP) is 1.13. The summed E-state index contributed by atoms with van der Waals surface area (Å²) in [4.78, 5) is 18.5. The SMILES string of the molecule is O=C(/C=C/c1ccco1)N[C@@H]1CCN(c2nccn3cnnc23)C1. The van der Waals surface area contributed by atoms with Crippen molar-refractivity contribution >= 4 is 23.4 Å².